The van der Waals surface area contributed by atoms with Crippen LogP contribution in [0, 0.1) is 0 Å². The van der Waals surface area contributed by atoms with Gasteiger partial charge in [-0.25, -0.2) is 4.79 Å². The van der Waals surface area contributed by atoms with E-state index in [0.717, 1.165) is 45.3 Å². The van der Waals surface area contributed by atoms with E-state index < -0.39 is 5.97 Å². The van der Waals surface area contributed by atoms with Crippen molar-refractivity contribution >= 4 is 12.0 Å². The summed E-state index contributed by atoms with van der Waals surface area (Å²) in [5.74, 6) is -0.938. The van der Waals surface area contributed by atoms with Gasteiger partial charge in [0.05, 0.1) is 0 Å². The van der Waals surface area contributed by atoms with Crippen LogP contribution in [0.1, 0.15) is 38.5 Å². The molecule has 2 aliphatic rings. The molecule has 1 saturated carbocycles. The van der Waals surface area contributed by atoms with Gasteiger partial charge in [-0.3, -0.25) is 4.79 Å². The van der Waals surface area contributed by atoms with Crippen molar-refractivity contribution in [3.8, 4) is 0 Å². The van der Waals surface area contributed by atoms with Crippen LogP contribution in [-0.4, -0.2) is 65.7 Å². The molecule has 0 bridgehead atoms. The Hall–Kier alpha value is -1.30. The van der Waals surface area contributed by atoms with E-state index in [0.29, 0.717) is 6.54 Å². The van der Waals surface area contributed by atoms with Gasteiger partial charge in [0.25, 0.3) is 0 Å². The highest BCUT2D eigenvalue weighted by atomic mass is 16.4. The Balaban J connectivity index is 1.77. The lowest BCUT2D eigenvalue weighted by atomic mass is 10.2. The third kappa shape index (κ3) is 4.37. The first kappa shape index (κ1) is 15.1. The number of carbonyl (C=O) groups excluding carboxylic acids is 1. The maximum Gasteiger partial charge on any atom is 0.323 e. The van der Waals surface area contributed by atoms with Gasteiger partial charge in [-0.2, -0.15) is 0 Å². The van der Waals surface area contributed by atoms with Crippen molar-refractivity contribution < 1.29 is 14.7 Å². The van der Waals surface area contributed by atoms with Crippen LogP contribution in [0.25, 0.3) is 0 Å². The van der Waals surface area contributed by atoms with Crippen molar-refractivity contribution in [3.05, 3.63) is 0 Å². The van der Waals surface area contributed by atoms with Crippen molar-refractivity contribution in [2.75, 3.05) is 32.7 Å². The maximum absolute atomic E-state index is 12.2. The Bertz CT molecular complexity index is 337. The lowest BCUT2D eigenvalue weighted by Gasteiger charge is -2.28. The molecule has 6 heteroatoms. The number of urea groups is 1. The number of aliphatic carboxylic acids is 1. The van der Waals surface area contributed by atoms with Crippen molar-refractivity contribution in [2.45, 2.75) is 44.6 Å². The quantitative estimate of drug-likeness (QED) is 0.766. The molecule has 2 amide bonds. The first-order chi connectivity index (χ1) is 9.66. The zero-order chi connectivity index (χ0) is 14.4. The molecule has 2 N–H and O–H groups in total. The van der Waals surface area contributed by atoms with E-state index in [4.69, 9.17) is 5.11 Å². The number of nitrogens with zero attached hydrogens (tertiary/aromatic N) is 2. The van der Waals surface area contributed by atoms with Gasteiger partial charge in [0.1, 0.15) is 6.54 Å². The van der Waals surface area contributed by atoms with E-state index in [1.54, 1.807) is 0 Å². The van der Waals surface area contributed by atoms with Crippen LogP contribution in [0.4, 0.5) is 4.79 Å². The highest BCUT2D eigenvalue weighted by Gasteiger charge is 2.28. The topological polar surface area (TPSA) is 72.9 Å². The summed E-state index contributed by atoms with van der Waals surface area (Å²) >= 11 is 0. The largest absolute Gasteiger partial charge is 0.480 e. The highest BCUT2D eigenvalue weighted by Crippen LogP contribution is 2.23. The normalized spacial score (nSPS) is 20.2. The number of carbonyl (C=O) groups is 2. The standard InChI is InChI=1S/C14H25N3O3/c18-13(19)11-17(12-5-1-2-6-12)14(20)15-7-10-16-8-3-4-9-16/h12H,1-11H2,(H,15,20)(H,18,19). The summed E-state index contributed by atoms with van der Waals surface area (Å²) in [6.45, 7) is 3.48. The van der Waals surface area contributed by atoms with Crippen LogP contribution < -0.4 is 5.32 Å². The van der Waals surface area contributed by atoms with Crippen LogP contribution in [0.3, 0.4) is 0 Å². The van der Waals surface area contributed by atoms with Gasteiger partial charge in [-0.05, 0) is 38.8 Å². The molecule has 20 heavy (non-hydrogen) atoms. The minimum absolute atomic E-state index is 0.0953. The van der Waals surface area contributed by atoms with Crippen LogP contribution in [0.5, 0.6) is 0 Å². The molecule has 2 fully saturated rings. The second-order valence-electron chi connectivity index (χ2n) is 5.74. The number of nitrogens with one attached hydrogen (secondary N) is 1. The fourth-order valence-electron chi connectivity index (χ4n) is 3.16. The molecule has 0 spiro atoms. The molecule has 0 atom stereocenters. The molecule has 1 aliphatic heterocycles. The second kappa shape index (κ2) is 7.47. The minimum Gasteiger partial charge on any atom is -0.480 e. The Kier molecular flexibility index (Phi) is 5.64. The van der Waals surface area contributed by atoms with Crippen LogP contribution in [0.2, 0.25) is 0 Å². The maximum atomic E-state index is 12.2. The third-order valence-electron chi connectivity index (χ3n) is 4.23. The zero-order valence-electron chi connectivity index (χ0n) is 12.0. The van der Waals surface area contributed by atoms with Gasteiger partial charge >= 0.3 is 12.0 Å². The molecule has 0 unspecified atom stereocenters. The summed E-state index contributed by atoms with van der Waals surface area (Å²) in [4.78, 5) is 26.9. The van der Waals surface area contributed by atoms with Crippen molar-refractivity contribution in [1.82, 2.24) is 15.1 Å². The van der Waals surface area contributed by atoms with Gasteiger partial charge in [-0.15, -0.1) is 0 Å². The fourth-order valence-corrected chi connectivity index (χ4v) is 3.16. The van der Waals surface area contributed by atoms with E-state index >= 15 is 0 Å². The Labute approximate surface area is 120 Å². The molecule has 1 saturated heterocycles. The third-order valence-corrected chi connectivity index (χ3v) is 4.23. The molecule has 6 nitrogen and oxygen atoms in total. The lowest BCUT2D eigenvalue weighted by molar-refractivity contribution is -0.138. The molecule has 114 valence electrons. The van der Waals surface area contributed by atoms with Crippen LogP contribution >= 0.6 is 0 Å². The van der Waals surface area contributed by atoms with Gasteiger partial charge < -0.3 is 20.2 Å². The van der Waals surface area contributed by atoms with Gasteiger partial charge in [0.2, 0.25) is 0 Å². The molecular weight excluding hydrogens is 258 g/mol. The summed E-state index contributed by atoms with van der Waals surface area (Å²) in [6, 6.07) is -0.128. The van der Waals surface area contributed by atoms with Gasteiger partial charge in [-0.1, -0.05) is 12.8 Å². The predicted octanol–water partition coefficient (Wildman–Crippen LogP) is 1.12. The monoisotopic (exact) mass is 283 g/mol. The molecule has 0 aromatic carbocycles. The Morgan fingerprint density at radius 2 is 1.80 bits per heavy atom. The number of amides is 2. The number of hydrogen-bond acceptors (Lipinski definition) is 3. The Morgan fingerprint density at radius 1 is 1.15 bits per heavy atom. The smallest absolute Gasteiger partial charge is 0.323 e. The van der Waals surface area contributed by atoms with E-state index in [1.807, 2.05) is 0 Å². The van der Waals surface area contributed by atoms with E-state index in [9.17, 15) is 9.59 Å². The molecule has 1 aliphatic carbocycles. The number of likely N-dealkylation sites (tertiary alicyclic amines) is 1. The van der Waals surface area contributed by atoms with Crippen LogP contribution in [-0.2, 0) is 4.79 Å². The number of carboxylic acid groups (broad SMARTS) is 1. The minimum atomic E-state index is -0.938. The first-order valence-electron chi connectivity index (χ1n) is 7.65. The van der Waals surface area contributed by atoms with Crippen molar-refractivity contribution in [1.29, 1.82) is 0 Å². The van der Waals surface area contributed by atoms with E-state index in [-0.39, 0.29) is 18.6 Å². The summed E-state index contributed by atoms with van der Waals surface area (Å²) < 4.78 is 0. The van der Waals surface area contributed by atoms with Crippen molar-refractivity contribution in [3.63, 3.8) is 0 Å². The first-order valence-corrected chi connectivity index (χ1v) is 7.65. The average Bonchev–Trinajstić information content (AvgIpc) is 3.08. The van der Waals surface area contributed by atoms with Gasteiger partial charge in [0.15, 0.2) is 0 Å². The number of hydrogen-bond donors (Lipinski definition) is 2. The number of carboxylic acids is 1. The zero-order valence-corrected chi connectivity index (χ0v) is 12.0. The molecule has 0 aromatic heterocycles. The summed E-state index contributed by atoms with van der Waals surface area (Å²) in [6.07, 6.45) is 6.49. The van der Waals surface area contributed by atoms with Crippen LogP contribution in [0.15, 0.2) is 0 Å². The number of rotatable bonds is 6. The van der Waals surface area contributed by atoms with Gasteiger partial charge in [0, 0.05) is 19.1 Å². The summed E-state index contributed by atoms with van der Waals surface area (Å²) in [7, 11) is 0. The predicted molar refractivity (Wildman–Crippen MR) is 75.7 cm³/mol. The molecule has 1 heterocycles. The fraction of sp³-hybridized carbons (Fsp3) is 0.857. The average molecular weight is 283 g/mol. The van der Waals surface area contributed by atoms with E-state index in [1.165, 1.54) is 17.7 Å². The van der Waals surface area contributed by atoms with E-state index in [2.05, 4.69) is 10.2 Å². The highest BCUT2D eigenvalue weighted by molar-refractivity contribution is 5.80. The second-order valence-corrected chi connectivity index (χ2v) is 5.74. The summed E-state index contributed by atoms with van der Waals surface area (Å²) in [5.41, 5.74) is 0. The Morgan fingerprint density at radius 3 is 2.40 bits per heavy atom. The SMILES string of the molecule is O=C(O)CN(C(=O)NCCN1CCCC1)C1CCCC1. The molecule has 2 rings (SSSR count). The molecule has 0 aromatic rings. The van der Waals surface area contributed by atoms with Crippen molar-refractivity contribution in [2.24, 2.45) is 0 Å². The lowest BCUT2D eigenvalue weighted by Crippen LogP contribution is -2.49. The summed E-state index contributed by atoms with van der Waals surface area (Å²) in [5, 5.41) is 11.8. The molecule has 0 radical (unpaired) electrons. The molecular formula is C14H25N3O3.